The molecule has 0 aliphatic carbocycles. The van der Waals surface area contributed by atoms with Crippen molar-refractivity contribution in [2.24, 2.45) is 0 Å². The van der Waals surface area contributed by atoms with E-state index in [2.05, 4.69) is 15.5 Å². The smallest absolute Gasteiger partial charge is 0.234 e. The van der Waals surface area contributed by atoms with E-state index in [1.807, 2.05) is 54.0 Å². The van der Waals surface area contributed by atoms with E-state index in [-0.39, 0.29) is 11.7 Å². The van der Waals surface area contributed by atoms with Crippen molar-refractivity contribution >= 4 is 35.0 Å². The van der Waals surface area contributed by atoms with E-state index in [1.54, 1.807) is 18.2 Å². The molecule has 1 amide bonds. The molecule has 0 bridgehead atoms. The first-order valence-corrected chi connectivity index (χ1v) is 11.3. The first kappa shape index (κ1) is 22.0. The molecule has 0 saturated heterocycles. The van der Waals surface area contributed by atoms with Crippen molar-refractivity contribution in [1.82, 2.24) is 14.8 Å². The molecule has 4 rings (SSSR count). The zero-order valence-corrected chi connectivity index (χ0v) is 18.8. The first-order valence-electron chi connectivity index (χ1n) is 9.92. The summed E-state index contributed by atoms with van der Waals surface area (Å²) in [6.45, 7) is 1.81. The second kappa shape index (κ2) is 9.97. The summed E-state index contributed by atoms with van der Waals surface area (Å²) in [6.07, 6.45) is 0.589. The molecular formula is C24H20ClFN4OS. The van der Waals surface area contributed by atoms with Crippen molar-refractivity contribution in [3.8, 4) is 5.69 Å². The third kappa shape index (κ3) is 5.36. The zero-order valence-electron chi connectivity index (χ0n) is 17.3. The van der Waals surface area contributed by atoms with Gasteiger partial charge in [-0.3, -0.25) is 9.36 Å². The molecule has 162 valence electrons. The van der Waals surface area contributed by atoms with Crippen molar-refractivity contribution in [2.45, 2.75) is 18.5 Å². The van der Waals surface area contributed by atoms with Gasteiger partial charge < -0.3 is 5.32 Å². The fourth-order valence-corrected chi connectivity index (χ4v) is 4.08. The number of hydrogen-bond donors (Lipinski definition) is 1. The Kier molecular flexibility index (Phi) is 6.87. The van der Waals surface area contributed by atoms with Gasteiger partial charge in [0.25, 0.3) is 0 Å². The number of rotatable bonds is 7. The van der Waals surface area contributed by atoms with Crippen molar-refractivity contribution < 1.29 is 9.18 Å². The van der Waals surface area contributed by atoms with Crippen LogP contribution in [0.25, 0.3) is 5.69 Å². The highest BCUT2D eigenvalue weighted by Gasteiger charge is 2.17. The molecule has 4 aromatic rings. The Morgan fingerprint density at radius 3 is 2.56 bits per heavy atom. The molecule has 5 nitrogen and oxygen atoms in total. The molecule has 0 aliphatic rings. The van der Waals surface area contributed by atoms with Gasteiger partial charge in [-0.15, -0.1) is 10.2 Å². The van der Waals surface area contributed by atoms with Gasteiger partial charge in [0.05, 0.1) is 5.75 Å². The van der Waals surface area contributed by atoms with Crippen LogP contribution in [0.5, 0.6) is 0 Å². The highest BCUT2D eigenvalue weighted by molar-refractivity contribution is 7.99. The van der Waals surface area contributed by atoms with Gasteiger partial charge in [-0.25, -0.2) is 4.39 Å². The van der Waals surface area contributed by atoms with E-state index in [1.165, 1.54) is 23.9 Å². The lowest BCUT2D eigenvalue weighted by molar-refractivity contribution is -0.113. The summed E-state index contributed by atoms with van der Waals surface area (Å²) in [5.41, 5.74) is 3.21. The summed E-state index contributed by atoms with van der Waals surface area (Å²) < 4.78 is 15.4. The van der Waals surface area contributed by atoms with Crippen LogP contribution in [0, 0.1) is 12.7 Å². The fourth-order valence-electron chi connectivity index (χ4n) is 3.18. The number of carbonyl (C=O) groups is 1. The van der Waals surface area contributed by atoms with Crippen molar-refractivity contribution in [3.63, 3.8) is 0 Å². The zero-order chi connectivity index (χ0) is 22.5. The lowest BCUT2D eigenvalue weighted by atomic mass is 10.1. The number of nitrogens with one attached hydrogen (secondary N) is 1. The van der Waals surface area contributed by atoms with E-state index < -0.39 is 5.82 Å². The standard InChI is InChI=1S/C24H20ClFN4OS/c1-16-7-10-19(26)14-21(16)27-23(31)15-32-24-29-28-22(13-17-5-3-2-4-6-17)30(24)20-11-8-18(25)9-12-20/h2-12,14H,13,15H2,1H3,(H,27,31). The summed E-state index contributed by atoms with van der Waals surface area (Å²) in [5.74, 6) is 0.209. The molecule has 0 unspecified atom stereocenters. The average molecular weight is 467 g/mol. The highest BCUT2D eigenvalue weighted by atomic mass is 35.5. The van der Waals surface area contributed by atoms with Gasteiger partial charge in [-0.2, -0.15) is 0 Å². The Morgan fingerprint density at radius 1 is 1.06 bits per heavy atom. The number of aromatic nitrogens is 3. The number of amides is 1. The molecule has 0 saturated carbocycles. The van der Waals surface area contributed by atoms with Crippen LogP contribution in [-0.2, 0) is 11.2 Å². The van der Waals surface area contributed by atoms with Crippen LogP contribution in [0.1, 0.15) is 17.0 Å². The molecule has 1 N–H and O–H groups in total. The molecule has 1 heterocycles. The van der Waals surface area contributed by atoms with Crippen LogP contribution in [0.3, 0.4) is 0 Å². The van der Waals surface area contributed by atoms with E-state index in [0.717, 1.165) is 22.6 Å². The molecule has 0 spiro atoms. The third-order valence-electron chi connectivity index (χ3n) is 4.80. The molecule has 32 heavy (non-hydrogen) atoms. The van der Waals surface area contributed by atoms with Crippen LogP contribution < -0.4 is 5.32 Å². The summed E-state index contributed by atoms with van der Waals surface area (Å²) >= 11 is 7.33. The Morgan fingerprint density at radius 2 is 1.81 bits per heavy atom. The summed E-state index contributed by atoms with van der Waals surface area (Å²) in [7, 11) is 0. The Labute approximate surface area is 194 Å². The molecule has 0 aliphatic heterocycles. The summed E-state index contributed by atoms with van der Waals surface area (Å²) in [6, 6.07) is 21.7. The summed E-state index contributed by atoms with van der Waals surface area (Å²) in [4.78, 5) is 12.5. The van der Waals surface area contributed by atoms with Crippen LogP contribution in [-0.4, -0.2) is 26.4 Å². The number of carbonyl (C=O) groups excluding carboxylic acids is 1. The minimum Gasteiger partial charge on any atom is -0.325 e. The van der Waals surface area contributed by atoms with Crippen molar-refractivity contribution in [3.05, 3.63) is 101 Å². The van der Waals surface area contributed by atoms with Gasteiger partial charge in [-0.1, -0.05) is 59.8 Å². The molecular weight excluding hydrogens is 447 g/mol. The maximum Gasteiger partial charge on any atom is 0.234 e. The number of benzene rings is 3. The van der Waals surface area contributed by atoms with Crippen LogP contribution in [0.15, 0.2) is 78.0 Å². The van der Waals surface area contributed by atoms with Gasteiger partial charge in [0, 0.05) is 22.8 Å². The maximum atomic E-state index is 13.5. The number of thioether (sulfide) groups is 1. The van der Waals surface area contributed by atoms with E-state index >= 15 is 0 Å². The molecule has 0 radical (unpaired) electrons. The number of hydrogen-bond acceptors (Lipinski definition) is 4. The lowest BCUT2D eigenvalue weighted by Gasteiger charge is -2.11. The first-order chi connectivity index (χ1) is 15.5. The molecule has 0 atom stereocenters. The van der Waals surface area contributed by atoms with Gasteiger partial charge in [0.2, 0.25) is 5.91 Å². The van der Waals surface area contributed by atoms with Gasteiger partial charge in [0.1, 0.15) is 11.6 Å². The molecule has 3 aromatic carbocycles. The Balaban J connectivity index is 1.55. The second-order valence-electron chi connectivity index (χ2n) is 7.17. The molecule has 1 aromatic heterocycles. The van der Waals surface area contributed by atoms with Gasteiger partial charge in [-0.05, 0) is 54.4 Å². The highest BCUT2D eigenvalue weighted by Crippen LogP contribution is 2.25. The van der Waals surface area contributed by atoms with Crippen LogP contribution >= 0.6 is 23.4 Å². The number of anilines is 1. The number of halogens is 2. The van der Waals surface area contributed by atoms with E-state index in [0.29, 0.717) is 22.3 Å². The monoisotopic (exact) mass is 466 g/mol. The van der Waals surface area contributed by atoms with Crippen LogP contribution in [0.2, 0.25) is 5.02 Å². The predicted octanol–water partition coefficient (Wildman–Crippen LogP) is 5.69. The lowest BCUT2D eigenvalue weighted by Crippen LogP contribution is -2.15. The van der Waals surface area contributed by atoms with Gasteiger partial charge in [0.15, 0.2) is 5.16 Å². The number of nitrogens with zero attached hydrogens (tertiary/aromatic N) is 3. The topological polar surface area (TPSA) is 59.8 Å². The summed E-state index contributed by atoms with van der Waals surface area (Å²) in [5, 5.41) is 12.7. The third-order valence-corrected chi connectivity index (χ3v) is 5.98. The number of aryl methyl sites for hydroxylation is 1. The van der Waals surface area contributed by atoms with Gasteiger partial charge >= 0.3 is 0 Å². The average Bonchev–Trinajstić information content (AvgIpc) is 3.18. The fraction of sp³-hybridized carbons (Fsp3) is 0.125. The van der Waals surface area contributed by atoms with Crippen LogP contribution in [0.4, 0.5) is 10.1 Å². The normalized spacial score (nSPS) is 10.8. The quantitative estimate of drug-likeness (QED) is 0.355. The van der Waals surface area contributed by atoms with Crippen molar-refractivity contribution in [1.29, 1.82) is 0 Å². The van der Waals surface area contributed by atoms with Crippen molar-refractivity contribution in [2.75, 3.05) is 11.1 Å². The minimum atomic E-state index is -0.397. The molecule has 8 heteroatoms. The minimum absolute atomic E-state index is 0.104. The Bertz CT molecular complexity index is 1230. The van der Waals surface area contributed by atoms with E-state index in [9.17, 15) is 9.18 Å². The Hall–Kier alpha value is -3.16. The molecule has 0 fully saturated rings. The second-order valence-corrected chi connectivity index (χ2v) is 8.55. The maximum absolute atomic E-state index is 13.5. The largest absolute Gasteiger partial charge is 0.325 e. The SMILES string of the molecule is Cc1ccc(F)cc1NC(=O)CSc1nnc(Cc2ccccc2)n1-c1ccc(Cl)cc1. The predicted molar refractivity (Wildman–Crippen MR) is 126 cm³/mol. The van der Waals surface area contributed by atoms with E-state index in [4.69, 9.17) is 11.6 Å².